The van der Waals surface area contributed by atoms with Gasteiger partial charge in [0.15, 0.2) is 9.04 Å². The second-order valence-electron chi connectivity index (χ2n) is 2.11. The Labute approximate surface area is 61.9 Å². The summed E-state index contributed by atoms with van der Waals surface area (Å²) >= 11 is 0. The van der Waals surface area contributed by atoms with Gasteiger partial charge in [0.1, 0.15) is 6.10 Å². The van der Waals surface area contributed by atoms with Crippen molar-refractivity contribution in [2.75, 3.05) is 0 Å². The maximum absolute atomic E-state index is 9.45. The third-order valence-corrected chi connectivity index (χ3v) is 0.357. The normalized spacial score (nSPS) is 11.8. The fourth-order valence-corrected chi connectivity index (χ4v) is 0. The first-order valence-corrected chi connectivity index (χ1v) is 5.79. The lowest BCUT2D eigenvalue weighted by Crippen LogP contribution is -2.13. The summed E-state index contributed by atoms with van der Waals surface area (Å²) in [5.74, 6) is -1.19. The maximum atomic E-state index is 9.45. The van der Waals surface area contributed by atoms with Gasteiger partial charge in [-0.25, -0.2) is 4.79 Å². The van der Waals surface area contributed by atoms with Crippen LogP contribution in [0.1, 0.15) is 6.92 Å². The monoisotopic (exact) mass is 166 g/mol. The van der Waals surface area contributed by atoms with Crippen LogP contribution in [0.4, 0.5) is 0 Å². The molecule has 0 saturated carbocycles. The lowest BCUT2D eigenvalue weighted by Gasteiger charge is -1.89. The van der Waals surface area contributed by atoms with E-state index in [1.54, 1.807) is 0 Å². The van der Waals surface area contributed by atoms with Crippen molar-refractivity contribution in [1.82, 2.24) is 0 Å². The van der Waals surface area contributed by atoms with Gasteiger partial charge < -0.3 is 15.0 Å². The fraction of sp³-hybridized carbons (Fsp3) is 0.800. The zero-order valence-corrected chi connectivity index (χ0v) is 7.56. The first-order chi connectivity index (χ1) is 4.37. The van der Waals surface area contributed by atoms with E-state index in [2.05, 4.69) is 0 Å². The van der Waals surface area contributed by atoms with Crippen LogP contribution in [0.2, 0.25) is 13.1 Å². The molecule has 0 aliphatic heterocycles. The van der Waals surface area contributed by atoms with Crippen LogP contribution in [0.5, 0.6) is 0 Å². The van der Waals surface area contributed by atoms with E-state index in [0.29, 0.717) is 0 Å². The topological polar surface area (TPSA) is 77.8 Å². The minimum Gasteiger partial charge on any atom is -0.479 e. The predicted octanol–water partition coefficient (Wildman–Crippen LogP) is -0.586. The molecule has 10 heavy (non-hydrogen) atoms. The number of hydrogen-bond donors (Lipinski definition) is 3. The Kier molecular flexibility index (Phi) is 8.27. The van der Waals surface area contributed by atoms with Crippen LogP contribution < -0.4 is 0 Å². The van der Waals surface area contributed by atoms with Crippen molar-refractivity contribution in [3.63, 3.8) is 0 Å². The Balaban J connectivity index is 0. The summed E-state index contributed by atoms with van der Waals surface area (Å²) in [5, 5.41) is 15.8. The van der Waals surface area contributed by atoms with Gasteiger partial charge in [0.25, 0.3) is 0 Å². The number of rotatable bonds is 1. The van der Waals surface area contributed by atoms with Crippen molar-refractivity contribution in [2.45, 2.75) is 26.1 Å². The number of aliphatic hydroxyl groups excluding tert-OH is 1. The number of aliphatic hydroxyl groups is 1. The third-order valence-electron chi connectivity index (χ3n) is 0.357. The average molecular weight is 166 g/mol. The molecule has 0 rings (SSSR count). The highest BCUT2D eigenvalue weighted by molar-refractivity contribution is 6.46. The van der Waals surface area contributed by atoms with Crippen LogP contribution in [-0.2, 0) is 4.79 Å². The van der Waals surface area contributed by atoms with Gasteiger partial charge in [0.2, 0.25) is 0 Å². The van der Waals surface area contributed by atoms with Crippen molar-refractivity contribution >= 4 is 15.0 Å². The molecule has 1 unspecified atom stereocenters. The molecule has 1 atom stereocenters. The summed E-state index contributed by atoms with van der Waals surface area (Å²) in [4.78, 5) is 17.6. The van der Waals surface area contributed by atoms with E-state index in [1.807, 2.05) is 13.1 Å². The van der Waals surface area contributed by atoms with Gasteiger partial charge in [-0.3, -0.25) is 0 Å². The van der Waals surface area contributed by atoms with E-state index in [0.717, 1.165) is 0 Å². The quantitative estimate of drug-likeness (QED) is 0.455. The average Bonchev–Trinajstić information content (AvgIpc) is 1.63. The second-order valence-corrected chi connectivity index (χ2v) is 4.30. The van der Waals surface area contributed by atoms with Crippen molar-refractivity contribution < 1.29 is 19.8 Å². The van der Waals surface area contributed by atoms with Crippen LogP contribution in [0, 0.1) is 0 Å². The Morgan fingerprint density at radius 2 is 1.60 bits per heavy atom. The van der Waals surface area contributed by atoms with E-state index in [1.165, 1.54) is 6.92 Å². The molecule has 0 saturated heterocycles. The Hall–Kier alpha value is -0.393. The number of carboxylic acid groups (broad SMARTS) is 1. The fourth-order valence-electron chi connectivity index (χ4n) is 0. The molecular formula is C5H14O4Si. The highest BCUT2D eigenvalue weighted by Crippen LogP contribution is 1.73. The molecule has 0 aliphatic rings. The van der Waals surface area contributed by atoms with Gasteiger partial charge >= 0.3 is 5.97 Å². The second kappa shape index (κ2) is 6.72. The summed E-state index contributed by atoms with van der Waals surface area (Å²) in [6, 6.07) is 0. The molecule has 0 heterocycles. The van der Waals surface area contributed by atoms with Gasteiger partial charge in [-0.15, -0.1) is 0 Å². The number of carbonyl (C=O) groups is 1. The van der Waals surface area contributed by atoms with Crippen molar-refractivity contribution in [3.8, 4) is 0 Å². The lowest BCUT2D eigenvalue weighted by molar-refractivity contribution is -0.145. The van der Waals surface area contributed by atoms with Gasteiger partial charge in [-0.05, 0) is 20.0 Å². The molecule has 0 radical (unpaired) electrons. The Morgan fingerprint density at radius 3 is 1.60 bits per heavy atom. The standard InChI is InChI=1S/C3H6O3.C2H8OSi/c1-2(4)3(5)6;1-4(2)3/h2,4H,1H3,(H,5,6);3-4H,1-2H3. The van der Waals surface area contributed by atoms with E-state index >= 15 is 0 Å². The van der Waals surface area contributed by atoms with E-state index in [-0.39, 0.29) is 0 Å². The number of hydrogen-bond acceptors (Lipinski definition) is 3. The molecule has 5 heteroatoms. The molecule has 0 aromatic carbocycles. The summed E-state index contributed by atoms with van der Waals surface area (Å²) in [6.07, 6.45) is -1.23. The molecule has 4 nitrogen and oxygen atoms in total. The van der Waals surface area contributed by atoms with Gasteiger partial charge in [-0.1, -0.05) is 0 Å². The summed E-state index contributed by atoms with van der Waals surface area (Å²) in [7, 11) is -1.14. The zero-order valence-electron chi connectivity index (χ0n) is 6.40. The minimum absolute atomic E-state index is 1.14. The van der Waals surface area contributed by atoms with Gasteiger partial charge in [0, 0.05) is 0 Å². The molecular weight excluding hydrogens is 152 g/mol. The van der Waals surface area contributed by atoms with Crippen molar-refractivity contribution in [1.29, 1.82) is 0 Å². The third kappa shape index (κ3) is 25.5. The van der Waals surface area contributed by atoms with Crippen molar-refractivity contribution in [2.24, 2.45) is 0 Å². The number of carboxylic acids is 1. The summed E-state index contributed by atoms with van der Waals surface area (Å²) in [6.45, 7) is 4.92. The summed E-state index contributed by atoms with van der Waals surface area (Å²) in [5.41, 5.74) is 0. The summed E-state index contributed by atoms with van der Waals surface area (Å²) < 4.78 is 0. The van der Waals surface area contributed by atoms with E-state index in [4.69, 9.17) is 15.0 Å². The molecule has 0 fully saturated rings. The van der Waals surface area contributed by atoms with Gasteiger partial charge in [-0.2, -0.15) is 0 Å². The maximum Gasteiger partial charge on any atom is 0.332 e. The highest BCUT2D eigenvalue weighted by atomic mass is 28.3. The first kappa shape index (κ1) is 12.3. The first-order valence-electron chi connectivity index (χ1n) is 2.96. The molecule has 0 amide bonds. The smallest absolute Gasteiger partial charge is 0.332 e. The zero-order chi connectivity index (χ0) is 8.73. The molecule has 3 N–H and O–H groups in total. The van der Waals surface area contributed by atoms with Crippen LogP contribution >= 0.6 is 0 Å². The van der Waals surface area contributed by atoms with E-state index in [9.17, 15) is 4.79 Å². The van der Waals surface area contributed by atoms with Crippen LogP contribution in [0.15, 0.2) is 0 Å². The van der Waals surface area contributed by atoms with Crippen LogP contribution in [-0.4, -0.2) is 36.1 Å². The number of aliphatic carboxylic acids is 1. The van der Waals surface area contributed by atoms with Gasteiger partial charge in [0.05, 0.1) is 0 Å². The lowest BCUT2D eigenvalue weighted by atomic mass is 10.4. The Bertz CT molecular complexity index is 88.9. The molecule has 0 aromatic rings. The van der Waals surface area contributed by atoms with Crippen LogP contribution in [0.3, 0.4) is 0 Å². The largest absolute Gasteiger partial charge is 0.479 e. The highest BCUT2D eigenvalue weighted by Gasteiger charge is 2.01. The predicted molar refractivity (Wildman–Crippen MR) is 40.4 cm³/mol. The SMILES string of the molecule is CC(O)C(=O)O.C[SiH](C)O. The van der Waals surface area contributed by atoms with E-state index < -0.39 is 21.1 Å². The molecule has 62 valence electrons. The molecule has 0 aliphatic carbocycles. The van der Waals surface area contributed by atoms with Crippen LogP contribution in [0.25, 0.3) is 0 Å². The van der Waals surface area contributed by atoms with Crippen molar-refractivity contribution in [3.05, 3.63) is 0 Å². The molecule has 0 aromatic heterocycles. The molecule has 0 bridgehead atoms. The Morgan fingerprint density at radius 1 is 1.50 bits per heavy atom. The minimum atomic E-state index is -1.23. The molecule has 0 spiro atoms.